The van der Waals surface area contributed by atoms with Crippen LogP contribution in [-0.2, 0) is 109 Å². The van der Waals surface area contributed by atoms with Crippen molar-refractivity contribution in [3.8, 4) is 0 Å². The van der Waals surface area contributed by atoms with Gasteiger partial charge in [-0.3, -0.25) is 43.2 Å². The number of ether oxygens (including phenoxy) is 14. The van der Waals surface area contributed by atoms with Gasteiger partial charge >= 0.3 is 53.7 Å². The molecule has 0 radical (unpaired) electrons. The number of carbonyl (C=O) groups excluding carboxylic acids is 9. The Morgan fingerprint density at radius 2 is 0.644 bits per heavy atom. The van der Waals surface area contributed by atoms with E-state index in [0.717, 1.165) is 62.3 Å². The van der Waals surface area contributed by atoms with Crippen LogP contribution in [0.3, 0.4) is 0 Å². The molecule has 0 N–H and O–H groups in total. The summed E-state index contributed by atoms with van der Waals surface area (Å²) in [6.45, 7) is 11.5. The van der Waals surface area contributed by atoms with Gasteiger partial charge in [-0.05, 0) is 13.8 Å². The maximum absolute atomic E-state index is 12.9. The van der Waals surface area contributed by atoms with Crippen LogP contribution in [0.15, 0.2) is 0 Å². The second-order valence-electron chi connectivity index (χ2n) is 13.6. The summed E-state index contributed by atoms with van der Waals surface area (Å²) in [5.74, 6) is -8.02. The van der Waals surface area contributed by atoms with E-state index >= 15 is 0 Å². The van der Waals surface area contributed by atoms with E-state index in [1.54, 1.807) is 0 Å². The molecule has 0 aromatic rings. The van der Waals surface area contributed by atoms with Crippen molar-refractivity contribution in [3.63, 3.8) is 0 Å². The van der Waals surface area contributed by atoms with Crippen molar-refractivity contribution in [2.45, 2.75) is 168 Å². The van der Waals surface area contributed by atoms with Crippen LogP contribution in [0.4, 0.5) is 0 Å². The van der Waals surface area contributed by atoms with E-state index in [4.69, 9.17) is 66.3 Å². The van der Waals surface area contributed by atoms with Crippen molar-refractivity contribution in [2.75, 3.05) is 6.61 Å². The fourth-order valence-electron chi connectivity index (χ4n) is 6.57. The molecule has 0 aromatic heterocycles. The van der Waals surface area contributed by atoms with Crippen molar-refractivity contribution in [3.05, 3.63) is 0 Å². The highest BCUT2D eigenvalue weighted by Gasteiger charge is 2.59. The van der Waals surface area contributed by atoms with E-state index < -0.39 is 152 Å². The first-order chi connectivity index (χ1) is 27.5. The zero-order valence-corrected chi connectivity index (χ0v) is 34.3. The molecule has 3 rings (SSSR count). The van der Waals surface area contributed by atoms with Crippen LogP contribution < -0.4 is 0 Å². The molecule has 0 bridgehead atoms. The van der Waals surface area contributed by atoms with Gasteiger partial charge in [-0.1, -0.05) is 0 Å². The summed E-state index contributed by atoms with van der Waals surface area (Å²) >= 11 is 0. The lowest BCUT2D eigenvalue weighted by Gasteiger charge is -2.50. The summed E-state index contributed by atoms with van der Waals surface area (Å²) < 4.78 is 79.8. The van der Waals surface area contributed by atoms with Gasteiger partial charge in [-0.25, -0.2) is 0 Å². The molecule has 3 fully saturated rings. The van der Waals surface area contributed by atoms with Crippen LogP contribution in [-0.4, -0.2) is 152 Å². The molecule has 0 spiro atoms. The van der Waals surface area contributed by atoms with Gasteiger partial charge in [0.25, 0.3) is 0 Å². The SMILES string of the molecule is CC(=O)OC[C@H]1OC(OC(C)=O)[C@H](O[C@@H]2O[C@@H](C)[C@H](OC(C)=O)[C@@H](OC(C)=O)[C@H]2OC(C)=O)[C@@H](OC(C)=O)[C@@H]1O[C@@H]1O[C@@H](C)[C@H](OC(C)=O)[C@@H](OC(C)=O)[C@H]1OC(C)=O. The zero-order valence-electron chi connectivity index (χ0n) is 34.3. The van der Waals surface area contributed by atoms with Gasteiger partial charge in [-0.2, -0.15) is 0 Å². The summed E-state index contributed by atoms with van der Waals surface area (Å²) in [6, 6.07) is 0. The minimum atomic E-state index is -1.87. The lowest BCUT2D eigenvalue weighted by Crippen LogP contribution is -2.68. The second kappa shape index (κ2) is 21.3. The predicted octanol–water partition coefficient (Wildman–Crippen LogP) is -0.381. The molecule has 0 aliphatic carbocycles. The van der Waals surface area contributed by atoms with Gasteiger partial charge in [0.05, 0.1) is 12.2 Å². The van der Waals surface area contributed by atoms with Crippen LogP contribution in [0.5, 0.6) is 0 Å². The number of esters is 9. The maximum atomic E-state index is 12.9. The molecule has 23 heteroatoms. The maximum Gasteiger partial charge on any atom is 0.305 e. The molecule has 23 nitrogen and oxygen atoms in total. The Kier molecular flexibility index (Phi) is 17.5. The predicted molar refractivity (Wildman–Crippen MR) is 184 cm³/mol. The molecule has 0 aromatic carbocycles. The Bertz CT molecular complexity index is 1580. The lowest BCUT2D eigenvalue weighted by molar-refractivity contribution is -0.380. The minimum Gasteiger partial charge on any atom is -0.463 e. The monoisotopic (exact) mass is 850 g/mol. The molecular weight excluding hydrogens is 800 g/mol. The number of carbonyl (C=O) groups is 9. The first-order valence-corrected chi connectivity index (χ1v) is 18.3. The molecule has 15 atom stereocenters. The third-order valence-electron chi connectivity index (χ3n) is 8.48. The third-order valence-corrected chi connectivity index (χ3v) is 8.48. The number of hydrogen-bond acceptors (Lipinski definition) is 23. The summed E-state index contributed by atoms with van der Waals surface area (Å²) in [5.41, 5.74) is 0. The van der Waals surface area contributed by atoms with Crippen molar-refractivity contribution in [1.82, 2.24) is 0 Å². The number of rotatable bonds is 14. The standard InChI is InChI=1S/C36H50O23/c1-13-25(49-16(4)38)28(51-18(6)40)31(54-21(9)43)34(47-13)58-27-24(12-46-15(3)37)57-36(56-23(11)45)33(30(27)53-20(8)42)59-35-32(55-22(10)44)29(52-19(7)41)26(14(2)48-35)50-17(5)39/h13-14,24-36H,12H2,1-11H3/t13-,14-,24+,25-,26-,27+,28+,29+,30-,31+,32+,33+,34-,35-,36?/m0/s1. The Balaban J connectivity index is 2.23. The average Bonchev–Trinajstić information content (AvgIpc) is 3.07. The van der Waals surface area contributed by atoms with E-state index in [0.29, 0.717) is 0 Å². The highest BCUT2D eigenvalue weighted by atomic mass is 16.8. The topological polar surface area (TPSA) is 283 Å². The minimum absolute atomic E-state index is 0.669. The van der Waals surface area contributed by atoms with Crippen molar-refractivity contribution in [2.24, 2.45) is 0 Å². The summed E-state index contributed by atoms with van der Waals surface area (Å²) in [6.07, 6.45) is -23.9. The van der Waals surface area contributed by atoms with Gasteiger partial charge in [0.15, 0.2) is 61.4 Å². The van der Waals surface area contributed by atoms with Gasteiger partial charge in [0.2, 0.25) is 6.29 Å². The average molecular weight is 851 g/mol. The number of hydrogen-bond donors (Lipinski definition) is 0. The van der Waals surface area contributed by atoms with Gasteiger partial charge in [0.1, 0.15) is 18.8 Å². The third kappa shape index (κ3) is 13.8. The normalized spacial score (nSPS) is 34.1. The molecule has 1 unspecified atom stereocenters. The molecule has 332 valence electrons. The molecule has 0 saturated carbocycles. The van der Waals surface area contributed by atoms with E-state index in [1.165, 1.54) is 13.8 Å². The first-order valence-electron chi connectivity index (χ1n) is 18.3. The van der Waals surface area contributed by atoms with E-state index in [2.05, 4.69) is 0 Å². The second-order valence-corrected chi connectivity index (χ2v) is 13.6. The fourth-order valence-corrected chi connectivity index (χ4v) is 6.57. The summed E-state index contributed by atoms with van der Waals surface area (Å²) in [4.78, 5) is 111. The molecule has 3 heterocycles. The van der Waals surface area contributed by atoms with Crippen molar-refractivity contribution >= 4 is 53.7 Å². The van der Waals surface area contributed by atoms with Crippen LogP contribution >= 0.6 is 0 Å². The zero-order chi connectivity index (χ0) is 44.5. The Labute approximate surface area is 338 Å². The Morgan fingerprint density at radius 3 is 0.983 bits per heavy atom. The van der Waals surface area contributed by atoms with Crippen molar-refractivity contribution < 1.29 is 109 Å². The Hall–Kier alpha value is -4.97. The molecule has 3 aliphatic heterocycles. The van der Waals surface area contributed by atoms with E-state index in [9.17, 15) is 43.2 Å². The Morgan fingerprint density at radius 1 is 0.339 bits per heavy atom. The van der Waals surface area contributed by atoms with E-state index in [1.807, 2.05) is 0 Å². The molecule has 3 aliphatic rings. The van der Waals surface area contributed by atoms with Gasteiger partial charge in [0, 0.05) is 62.3 Å². The van der Waals surface area contributed by atoms with Crippen LogP contribution in [0, 0.1) is 0 Å². The van der Waals surface area contributed by atoms with Crippen molar-refractivity contribution in [1.29, 1.82) is 0 Å². The molecule has 59 heavy (non-hydrogen) atoms. The molecule has 0 amide bonds. The van der Waals surface area contributed by atoms with Crippen LogP contribution in [0.2, 0.25) is 0 Å². The molecule has 3 saturated heterocycles. The summed E-state index contributed by atoms with van der Waals surface area (Å²) in [5, 5.41) is 0. The quantitative estimate of drug-likeness (QED) is 0.159. The molecular formula is C36H50O23. The fraction of sp³-hybridized carbons (Fsp3) is 0.750. The highest BCUT2D eigenvalue weighted by Crippen LogP contribution is 2.38. The first kappa shape index (κ1) is 48.4. The van der Waals surface area contributed by atoms with Gasteiger partial charge in [-0.15, -0.1) is 0 Å². The lowest BCUT2D eigenvalue weighted by atomic mass is 9.95. The smallest absolute Gasteiger partial charge is 0.305 e. The van der Waals surface area contributed by atoms with E-state index in [-0.39, 0.29) is 0 Å². The largest absolute Gasteiger partial charge is 0.463 e. The van der Waals surface area contributed by atoms with Crippen LogP contribution in [0.25, 0.3) is 0 Å². The summed E-state index contributed by atoms with van der Waals surface area (Å²) in [7, 11) is 0. The highest BCUT2D eigenvalue weighted by molar-refractivity contribution is 5.70. The van der Waals surface area contributed by atoms with Crippen LogP contribution in [0.1, 0.15) is 76.2 Å². The van der Waals surface area contributed by atoms with Gasteiger partial charge < -0.3 is 66.3 Å².